The second kappa shape index (κ2) is 10.2. The molecule has 1 amide bonds. The van der Waals surface area contributed by atoms with Crippen molar-refractivity contribution in [2.75, 3.05) is 51.2 Å². The van der Waals surface area contributed by atoms with E-state index in [9.17, 15) is 4.79 Å². The molecule has 0 unspecified atom stereocenters. The Morgan fingerprint density at radius 3 is 2.75 bits per heavy atom. The first-order chi connectivity index (χ1) is 9.72. The minimum Gasteiger partial charge on any atom is -0.399 e. The molecule has 1 aromatic carbocycles. The van der Waals surface area contributed by atoms with Gasteiger partial charge in [-0.25, -0.2) is 0 Å². The third-order valence-electron chi connectivity index (χ3n) is 2.41. The van der Waals surface area contributed by atoms with Crippen molar-refractivity contribution in [3.63, 3.8) is 0 Å². The second-order valence-corrected chi connectivity index (χ2v) is 4.18. The van der Waals surface area contributed by atoms with Crippen LogP contribution in [0.3, 0.4) is 0 Å². The molecule has 0 fully saturated rings. The molecule has 0 bridgehead atoms. The second-order valence-electron chi connectivity index (χ2n) is 4.18. The highest BCUT2D eigenvalue weighted by molar-refractivity contribution is 5.92. The van der Waals surface area contributed by atoms with Crippen LogP contribution < -0.4 is 11.1 Å². The summed E-state index contributed by atoms with van der Waals surface area (Å²) in [5.41, 5.74) is 6.89. The average Bonchev–Trinajstić information content (AvgIpc) is 2.42. The number of hydrogen-bond donors (Lipinski definition) is 2. The Balaban J connectivity index is 2.03. The van der Waals surface area contributed by atoms with Gasteiger partial charge in [0.2, 0.25) is 5.91 Å². The smallest absolute Gasteiger partial charge is 0.250 e. The lowest BCUT2D eigenvalue weighted by atomic mass is 10.3. The lowest BCUT2D eigenvalue weighted by Gasteiger charge is -2.07. The Morgan fingerprint density at radius 1 is 1.20 bits per heavy atom. The van der Waals surface area contributed by atoms with Gasteiger partial charge in [0, 0.05) is 31.7 Å². The summed E-state index contributed by atoms with van der Waals surface area (Å²) in [6.07, 6.45) is 0.745. The minimum atomic E-state index is -0.198. The molecule has 0 spiro atoms. The zero-order valence-electron chi connectivity index (χ0n) is 11.8. The molecule has 3 N–H and O–H groups in total. The standard InChI is InChI=1S/C14H22N2O4/c1-18-8-9-19-6-3-7-20-11-14(17)16-13-5-2-4-12(15)10-13/h2,4-5,10H,3,6-9,11,15H2,1H3,(H,16,17). The number of nitrogen functional groups attached to an aromatic ring is 1. The van der Waals surface area contributed by atoms with E-state index in [4.69, 9.17) is 19.9 Å². The van der Waals surface area contributed by atoms with E-state index >= 15 is 0 Å². The summed E-state index contributed by atoms with van der Waals surface area (Å²) in [5.74, 6) is -0.198. The molecule has 6 nitrogen and oxygen atoms in total. The largest absolute Gasteiger partial charge is 0.399 e. The molecule has 0 radical (unpaired) electrons. The maximum absolute atomic E-state index is 11.6. The summed E-state index contributed by atoms with van der Waals surface area (Å²) in [6.45, 7) is 2.26. The number of methoxy groups -OCH3 is 1. The van der Waals surface area contributed by atoms with Gasteiger partial charge in [0.25, 0.3) is 0 Å². The molecule has 112 valence electrons. The van der Waals surface area contributed by atoms with Crippen molar-refractivity contribution in [1.82, 2.24) is 0 Å². The predicted molar refractivity (Wildman–Crippen MR) is 77.6 cm³/mol. The molecule has 0 saturated carbocycles. The van der Waals surface area contributed by atoms with E-state index in [1.54, 1.807) is 31.4 Å². The third-order valence-corrected chi connectivity index (χ3v) is 2.41. The first-order valence-corrected chi connectivity index (χ1v) is 6.52. The quantitative estimate of drug-likeness (QED) is 0.499. The first-order valence-electron chi connectivity index (χ1n) is 6.52. The van der Waals surface area contributed by atoms with Gasteiger partial charge in [0.1, 0.15) is 6.61 Å². The van der Waals surface area contributed by atoms with Gasteiger partial charge < -0.3 is 25.3 Å². The van der Waals surface area contributed by atoms with Crippen LogP contribution in [0.25, 0.3) is 0 Å². The van der Waals surface area contributed by atoms with Gasteiger partial charge in [-0.05, 0) is 24.6 Å². The minimum absolute atomic E-state index is 0.0207. The summed E-state index contributed by atoms with van der Waals surface area (Å²) in [4.78, 5) is 11.6. The van der Waals surface area contributed by atoms with Gasteiger partial charge in [-0.1, -0.05) is 6.07 Å². The fourth-order valence-electron chi connectivity index (χ4n) is 1.49. The highest BCUT2D eigenvalue weighted by atomic mass is 16.5. The van der Waals surface area contributed by atoms with Gasteiger partial charge in [-0.3, -0.25) is 4.79 Å². The lowest BCUT2D eigenvalue weighted by molar-refractivity contribution is -0.120. The number of amides is 1. The van der Waals surface area contributed by atoms with Crippen molar-refractivity contribution in [1.29, 1.82) is 0 Å². The van der Waals surface area contributed by atoms with Gasteiger partial charge in [0.15, 0.2) is 0 Å². The molecule has 0 aliphatic carbocycles. The number of carbonyl (C=O) groups is 1. The SMILES string of the molecule is COCCOCCCOCC(=O)Nc1cccc(N)c1. The predicted octanol–water partition coefficient (Wildman–Crippen LogP) is 1.28. The molecule has 1 aromatic rings. The van der Waals surface area contributed by atoms with Crippen molar-refractivity contribution >= 4 is 17.3 Å². The molecule has 0 heterocycles. The molecular weight excluding hydrogens is 260 g/mol. The first kappa shape index (κ1) is 16.4. The van der Waals surface area contributed by atoms with E-state index in [2.05, 4.69) is 5.32 Å². The summed E-state index contributed by atoms with van der Waals surface area (Å²) in [6, 6.07) is 7.01. The van der Waals surface area contributed by atoms with E-state index in [0.29, 0.717) is 37.8 Å². The third kappa shape index (κ3) is 7.73. The van der Waals surface area contributed by atoms with Crippen LogP contribution in [0.2, 0.25) is 0 Å². The number of nitrogens with one attached hydrogen (secondary N) is 1. The molecule has 1 rings (SSSR count). The van der Waals surface area contributed by atoms with Crippen LogP contribution in [-0.2, 0) is 19.0 Å². The molecule has 6 heteroatoms. The van der Waals surface area contributed by atoms with Crippen molar-refractivity contribution < 1.29 is 19.0 Å². The monoisotopic (exact) mass is 282 g/mol. The zero-order chi connectivity index (χ0) is 14.6. The Morgan fingerprint density at radius 2 is 2.00 bits per heavy atom. The van der Waals surface area contributed by atoms with Crippen molar-refractivity contribution in [3.8, 4) is 0 Å². The molecule has 0 aliphatic rings. The summed E-state index contributed by atoms with van der Waals surface area (Å²) in [7, 11) is 1.63. The number of nitrogens with two attached hydrogens (primary N) is 1. The van der Waals surface area contributed by atoms with E-state index in [0.717, 1.165) is 6.42 Å². The van der Waals surface area contributed by atoms with E-state index in [1.165, 1.54) is 0 Å². The molecule has 0 saturated heterocycles. The van der Waals surface area contributed by atoms with Gasteiger partial charge >= 0.3 is 0 Å². The number of anilines is 2. The van der Waals surface area contributed by atoms with Crippen LogP contribution in [0.1, 0.15) is 6.42 Å². The van der Waals surface area contributed by atoms with Crippen molar-refractivity contribution in [2.45, 2.75) is 6.42 Å². The zero-order valence-corrected chi connectivity index (χ0v) is 11.8. The van der Waals surface area contributed by atoms with Crippen LogP contribution in [0, 0.1) is 0 Å². The summed E-state index contributed by atoms with van der Waals surface area (Å²) in [5, 5.41) is 2.71. The van der Waals surface area contributed by atoms with E-state index in [1.807, 2.05) is 0 Å². The van der Waals surface area contributed by atoms with E-state index in [-0.39, 0.29) is 12.5 Å². The Labute approximate surface area is 119 Å². The normalized spacial score (nSPS) is 10.4. The lowest BCUT2D eigenvalue weighted by Crippen LogP contribution is -2.19. The maximum Gasteiger partial charge on any atom is 0.250 e. The van der Waals surface area contributed by atoms with Gasteiger partial charge in [-0.15, -0.1) is 0 Å². The highest BCUT2D eigenvalue weighted by Gasteiger charge is 2.02. The Bertz CT molecular complexity index is 399. The van der Waals surface area contributed by atoms with Crippen LogP contribution >= 0.6 is 0 Å². The molecule has 20 heavy (non-hydrogen) atoms. The number of ether oxygens (including phenoxy) is 3. The van der Waals surface area contributed by atoms with Crippen LogP contribution in [0.4, 0.5) is 11.4 Å². The summed E-state index contributed by atoms with van der Waals surface area (Å²) >= 11 is 0. The Kier molecular flexibility index (Phi) is 8.37. The van der Waals surface area contributed by atoms with Crippen LogP contribution in [-0.4, -0.2) is 46.1 Å². The Hall–Kier alpha value is -1.63. The van der Waals surface area contributed by atoms with E-state index < -0.39 is 0 Å². The highest BCUT2D eigenvalue weighted by Crippen LogP contribution is 2.11. The number of hydrogen-bond acceptors (Lipinski definition) is 5. The molecule has 0 aliphatic heterocycles. The number of carbonyl (C=O) groups excluding carboxylic acids is 1. The fourth-order valence-corrected chi connectivity index (χ4v) is 1.49. The molecule has 0 aromatic heterocycles. The van der Waals surface area contributed by atoms with Crippen molar-refractivity contribution in [3.05, 3.63) is 24.3 Å². The van der Waals surface area contributed by atoms with Crippen LogP contribution in [0.15, 0.2) is 24.3 Å². The van der Waals surface area contributed by atoms with Gasteiger partial charge in [-0.2, -0.15) is 0 Å². The van der Waals surface area contributed by atoms with Gasteiger partial charge in [0.05, 0.1) is 13.2 Å². The maximum atomic E-state index is 11.6. The topological polar surface area (TPSA) is 82.8 Å². The van der Waals surface area contributed by atoms with Crippen molar-refractivity contribution in [2.24, 2.45) is 0 Å². The number of benzene rings is 1. The molecular formula is C14H22N2O4. The molecule has 0 atom stereocenters. The number of rotatable bonds is 10. The average molecular weight is 282 g/mol. The fraction of sp³-hybridized carbons (Fsp3) is 0.500. The summed E-state index contributed by atoms with van der Waals surface area (Å²) < 4.78 is 15.4. The van der Waals surface area contributed by atoms with Crippen LogP contribution in [0.5, 0.6) is 0 Å².